The van der Waals surface area contributed by atoms with Gasteiger partial charge in [-0.2, -0.15) is 0 Å². The fourth-order valence-corrected chi connectivity index (χ4v) is 3.72. The summed E-state index contributed by atoms with van der Waals surface area (Å²) >= 11 is 0.879. The molecule has 29 heavy (non-hydrogen) atoms. The van der Waals surface area contributed by atoms with Gasteiger partial charge in [0.15, 0.2) is 0 Å². The van der Waals surface area contributed by atoms with Crippen molar-refractivity contribution in [3.8, 4) is 23.0 Å². The van der Waals surface area contributed by atoms with E-state index in [-0.39, 0.29) is 17.7 Å². The lowest BCUT2D eigenvalue weighted by atomic mass is 10.1. The lowest BCUT2D eigenvalue weighted by Gasteiger charge is -2.14. The zero-order chi connectivity index (χ0) is 21.0. The molecule has 0 atom stereocenters. The number of thioether (sulfide) groups is 1. The molecule has 8 heteroatoms. The predicted molar refractivity (Wildman–Crippen MR) is 111 cm³/mol. The molecular formula is C21H21NO6S. The molecule has 1 aliphatic rings. The van der Waals surface area contributed by atoms with E-state index in [0.717, 1.165) is 17.3 Å². The third-order valence-electron chi connectivity index (χ3n) is 4.38. The van der Waals surface area contributed by atoms with Gasteiger partial charge in [-0.1, -0.05) is 12.1 Å². The van der Waals surface area contributed by atoms with Gasteiger partial charge in [0, 0.05) is 12.1 Å². The third kappa shape index (κ3) is 4.32. The van der Waals surface area contributed by atoms with E-state index in [4.69, 9.17) is 18.9 Å². The summed E-state index contributed by atoms with van der Waals surface area (Å²) in [6.07, 6.45) is 1.60. The fraction of sp³-hybridized carbons (Fsp3) is 0.238. The van der Waals surface area contributed by atoms with Gasteiger partial charge >= 0.3 is 0 Å². The molecule has 1 fully saturated rings. The maximum Gasteiger partial charge on any atom is 0.293 e. The number of ether oxygens (including phenoxy) is 4. The molecule has 0 spiro atoms. The highest BCUT2D eigenvalue weighted by molar-refractivity contribution is 8.18. The molecule has 1 aliphatic heterocycles. The van der Waals surface area contributed by atoms with Crippen LogP contribution < -0.4 is 18.9 Å². The second kappa shape index (κ2) is 8.91. The SMILES string of the molecule is COc1cccc(CN2C(=O)SC(=Cc3c(OC)cc(OC)cc3OC)C2=O)c1. The maximum atomic E-state index is 12.9. The number of benzene rings is 2. The Balaban J connectivity index is 1.92. The Morgan fingerprint density at radius 1 is 0.897 bits per heavy atom. The van der Waals surface area contributed by atoms with Gasteiger partial charge in [0.1, 0.15) is 23.0 Å². The Hall–Kier alpha value is -3.13. The number of carbonyl (C=O) groups is 2. The van der Waals surface area contributed by atoms with Crippen LogP contribution in [0.1, 0.15) is 11.1 Å². The van der Waals surface area contributed by atoms with E-state index in [1.807, 2.05) is 12.1 Å². The van der Waals surface area contributed by atoms with Gasteiger partial charge in [-0.25, -0.2) is 0 Å². The smallest absolute Gasteiger partial charge is 0.293 e. The van der Waals surface area contributed by atoms with Crippen LogP contribution in [0.15, 0.2) is 41.3 Å². The summed E-state index contributed by atoms with van der Waals surface area (Å²) in [7, 11) is 6.13. The largest absolute Gasteiger partial charge is 0.497 e. The summed E-state index contributed by atoms with van der Waals surface area (Å²) in [5.41, 5.74) is 1.36. The van der Waals surface area contributed by atoms with Crippen LogP contribution in [0.25, 0.3) is 6.08 Å². The van der Waals surface area contributed by atoms with Gasteiger partial charge in [-0.15, -0.1) is 0 Å². The number of imide groups is 1. The lowest BCUT2D eigenvalue weighted by Crippen LogP contribution is -2.27. The minimum absolute atomic E-state index is 0.163. The van der Waals surface area contributed by atoms with Crippen molar-refractivity contribution in [3.63, 3.8) is 0 Å². The van der Waals surface area contributed by atoms with Crippen LogP contribution in [0.3, 0.4) is 0 Å². The molecule has 7 nitrogen and oxygen atoms in total. The van der Waals surface area contributed by atoms with Crippen LogP contribution in [-0.2, 0) is 11.3 Å². The molecule has 1 heterocycles. The van der Waals surface area contributed by atoms with Gasteiger partial charge in [-0.3, -0.25) is 14.5 Å². The minimum Gasteiger partial charge on any atom is -0.497 e. The molecule has 0 bridgehead atoms. The fourth-order valence-electron chi connectivity index (χ4n) is 2.90. The van der Waals surface area contributed by atoms with Gasteiger partial charge in [0.05, 0.1) is 45.5 Å². The standard InChI is InChI=1S/C21H21NO6S/c1-25-14-7-5-6-13(8-14)12-22-20(23)19(29-21(22)24)11-16-17(27-3)9-15(26-2)10-18(16)28-4/h5-11H,12H2,1-4H3. The average molecular weight is 415 g/mol. The van der Waals surface area contributed by atoms with Crippen molar-refractivity contribution < 1.29 is 28.5 Å². The second-order valence-corrected chi connectivity index (χ2v) is 7.06. The van der Waals surface area contributed by atoms with Crippen LogP contribution >= 0.6 is 11.8 Å². The van der Waals surface area contributed by atoms with Crippen LogP contribution in [-0.4, -0.2) is 44.5 Å². The van der Waals surface area contributed by atoms with Crippen LogP contribution in [0, 0.1) is 0 Å². The van der Waals surface area contributed by atoms with E-state index in [1.54, 1.807) is 37.5 Å². The molecule has 2 aromatic rings. The van der Waals surface area contributed by atoms with E-state index in [1.165, 1.54) is 26.2 Å². The first kappa shape index (κ1) is 20.6. The third-order valence-corrected chi connectivity index (χ3v) is 5.28. The number of hydrogen-bond acceptors (Lipinski definition) is 7. The summed E-state index contributed by atoms with van der Waals surface area (Å²) in [4.78, 5) is 26.8. The maximum absolute atomic E-state index is 12.9. The highest BCUT2D eigenvalue weighted by Gasteiger charge is 2.35. The average Bonchev–Trinajstić information content (AvgIpc) is 3.01. The highest BCUT2D eigenvalue weighted by Crippen LogP contribution is 2.40. The molecule has 0 N–H and O–H groups in total. The summed E-state index contributed by atoms with van der Waals surface area (Å²) < 4.78 is 21.3. The first-order valence-corrected chi connectivity index (χ1v) is 9.50. The normalized spacial score (nSPS) is 15.0. The molecule has 3 rings (SSSR count). The predicted octanol–water partition coefficient (Wildman–Crippen LogP) is 3.96. The van der Waals surface area contributed by atoms with Crippen LogP contribution in [0.4, 0.5) is 4.79 Å². The second-order valence-electron chi connectivity index (χ2n) is 6.06. The molecule has 0 radical (unpaired) electrons. The summed E-state index contributed by atoms with van der Waals surface area (Å²) in [6.45, 7) is 0.163. The van der Waals surface area contributed by atoms with Crippen LogP contribution in [0.2, 0.25) is 0 Å². The van der Waals surface area contributed by atoms with E-state index in [9.17, 15) is 9.59 Å². The molecule has 2 aromatic carbocycles. The highest BCUT2D eigenvalue weighted by atomic mass is 32.2. The Bertz CT molecular complexity index is 946. The van der Waals surface area contributed by atoms with Crippen molar-refractivity contribution in [1.29, 1.82) is 0 Å². The molecule has 1 saturated heterocycles. The van der Waals surface area contributed by atoms with E-state index in [0.29, 0.717) is 33.5 Å². The van der Waals surface area contributed by atoms with Gasteiger partial charge in [-0.05, 0) is 35.5 Å². The zero-order valence-corrected chi connectivity index (χ0v) is 17.4. The Labute approximate surface area is 173 Å². The quantitative estimate of drug-likeness (QED) is 0.634. The monoisotopic (exact) mass is 415 g/mol. The van der Waals surface area contributed by atoms with Crippen molar-refractivity contribution in [3.05, 3.63) is 52.4 Å². The van der Waals surface area contributed by atoms with Gasteiger partial charge in [0.2, 0.25) is 0 Å². The van der Waals surface area contributed by atoms with Gasteiger partial charge in [0.25, 0.3) is 11.1 Å². The van der Waals surface area contributed by atoms with E-state index >= 15 is 0 Å². The molecule has 0 saturated carbocycles. The Kier molecular flexibility index (Phi) is 6.33. The summed E-state index contributed by atoms with van der Waals surface area (Å²) in [6, 6.07) is 10.6. The lowest BCUT2D eigenvalue weighted by molar-refractivity contribution is -0.123. The first-order valence-electron chi connectivity index (χ1n) is 8.69. The number of amides is 2. The number of carbonyl (C=O) groups excluding carboxylic acids is 2. The van der Waals surface area contributed by atoms with Crippen molar-refractivity contribution in [2.24, 2.45) is 0 Å². The number of rotatable bonds is 7. The number of hydrogen-bond donors (Lipinski definition) is 0. The molecule has 0 unspecified atom stereocenters. The molecule has 2 amide bonds. The van der Waals surface area contributed by atoms with E-state index in [2.05, 4.69) is 0 Å². The summed E-state index contributed by atoms with van der Waals surface area (Å²) in [5, 5.41) is -0.337. The van der Waals surface area contributed by atoms with Crippen molar-refractivity contribution in [2.45, 2.75) is 6.54 Å². The summed E-state index contributed by atoms with van der Waals surface area (Å²) in [5.74, 6) is 1.80. The molecular weight excluding hydrogens is 394 g/mol. The molecule has 0 aromatic heterocycles. The van der Waals surface area contributed by atoms with Crippen molar-refractivity contribution in [1.82, 2.24) is 4.90 Å². The van der Waals surface area contributed by atoms with Crippen LogP contribution in [0.5, 0.6) is 23.0 Å². The van der Waals surface area contributed by atoms with Crippen molar-refractivity contribution in [2.75, 3.05) is 28.4 Å². The molecule has 152 valence electrons. The first-order chi connectivity index (χ1) is 14.0. The molecule has 0 aliphatic carbocycles. The number of methoxy groups -OCH3 is 4. The Morgan fingerprint density at radius 3 is 2.14 bits per heavy atom. The Morgan fingerprint density at radius 2 is 1.55 bits per heavy atom. The topological polar surface area (TPSA) is 74.3 Å². The van der Waals surface area contributed by atoms with Gasteiger partial charge < -0.3 is 18.9 Å². The minimum atomic E-state index is -0.372. The zero-order valence-electron chi connectivity index (χ0n) is 16.6. The van der Waals surface area contributed by atoms with E-state index < -0.39 is 0 Å². The van der Waals surface area contributed by atoms with Crippen molar-refractivity contribution >= 4 is 29.0 Å². The number of nitrogens with zero attached hydrogens (tertiary/aromatic N) is 1.